The smallest absolute Gasteiger partial charge is 0.0159 e. The van der Waals surface area contributed by atoms with Crippen LogP contribution in [0.15, 0.2) is 121 Å². The van der Waals surface area contributed by atoms with Crippen LogP contribution in [-0.4, -0.2) is 0 Å². The third kappa shape index (κ3) is 4.74. The first-order valence-corrected chi connectivity index (χ1v) is 22.0. The lowest BCUT2D eigenvalue weighted by Gasteiger charge is -2.24. The van der Waals surface area contributed by atoms with E-state index in [1.165, 1.54) is 131 Å². The average Bonchev–Trinajstić information content (AvgIpc) is 3.58. The second kappa shape index (κ2) is 11.4. The predicted molar refractivity (Wildman–Crippen MR) is 262 cm³/mol. The van der Waals surface area contributed by atoms with Crippen molar-refractivity contribution in [2.24, 2.45) is 0 Å². The van der Waals surface area contributed by atoms with Crippen LogP contribution in [-0.2, 0) is 21.7 Å². The number of hydrogen-bond donors (Lipinski definition) is 0. The van der Waals surface area contributed by atoms with Crippen LogP contribution in [0.3, 0.4) is 0 Å². The number of rotatable bonds is 2. The maximum Gasteiger partial charge on any atom is 0.0159 e. The lowest BCUT2D eigenvalue weighted by molar-refractivity contribution is 0.591. The Balaban J connectivity index is 0.932. The summed E-state index contributed by atoms with van der Waals surface area (Å²) in [5.74, 6) is 0. The van der Waals surface area contributed by atoms with E-state index in [0.717, 1.165) is 0 Å². The molecule has 0 heterocycles. The highest BCUT2D eigenvalue weighted by Gasteiger charge is 2.39. The van der Waals surface area contributed by atoms with Gasteiger partial charge in [0.1, 0.15) is 0 Å². The lowest BCUT2D eigenvalue weighted by Crippen LogP contribution is -2.15. The zero-order valence-electron chi connectivity index (χ0n) is 36.7. The summed E-state index contributed by atoms with van der Waals surface area (Å²) in [7, 11) is 0. The summed E-state index contributed by atoms with van der Waals surface area (Å²) in [5, 5.41) is 16.4. The predicted octanol–water partition coefficient (Wildman–Crippen LogP) is 16.9. The summed E-state index contributed by atoms with van der Waals surface area (Å²) in [5.41, 5.74) is 16.5. The Hall–Kier alpha value is -5.98. The monoisotopic (exact) mass is 772 g/mol. The summed E-state index contributed by atoms with van der Waals surface area (Å²) >= 11 is 0. The fourth-order valence-electron chi connectivity index (χ4n) is 11.5. The van der Waals surface area contributed by atoms with Crippen molar-refractivity contribution in [3.63, 3.8) is 0 Å². The molecule has 0 aliphatic heterocycles. The van der Waals surface area contributed by atoms with E-state index in [4.69, 9.17) is 0 Å². The lowest BCUT2D eigenvalue weighted by atomic mass is 9.79. The molecule has 2 aliphatic carbocycles. The molecule has 0 amide bonds. The number of benzene rings is 10. The van der Waals surface area contributed by atoms with Crippen LogP contribution in [0.4, 0.5) is 0 Å². The Morgan fingerprint density at radius 1 is 0.350 bits per heavy atom. The summed E-state index contributed by atoms with van der Waals surface area (Å²) in [4.78, 5) is 0. The third-order valence-corrected chi connectivity index (χ3v) is 15.0. The second-order valence-electron chi connectivity index (χ2n) is 21.4. The van der Waals surface area contributed by atoms with Crippen LogP contribution >= 0.6 is 0 Å². The molecule has 60 heavy (non-hydrogen) atoms. The molecule has 0 bridgehead atoms. The molecular weight excluding hydrogens is 721 g/mol. The van der Waals surface area contributed by atoms with E-state index in [2.05, 4.69) is 203 Å². The molecule has 10 aromatic rings. The van der Waals surface area contributed by atoms with Gasteiger partial charge in [0.25, 0.3) is 0 Å². The van der Waals surface area contributed by atoms with E-state index in [1.54, 1.807) is 0 Å². The zero-order valence-corrected chi connectivity index (χ0v) is 36.7. The van der Waals surface area contributed by atoms with Crippen molar-refractivity contribution < 1.29 is 0 Å². The maximum atomic E-state index is 2.49. The van der Waals surface area contributed by atoms with Gasteiger partial charge in [-0.3, -0.25) is 0 Å². The highest BCUT2D eigenvalue weighted by atomic mass is 14.4. The van der Waals surface area contributed by atoms with E-state index in [9.17, 15) is 0 Å². The van der Waals surface area contributed by atoms with E-state index in [0.29, 0.717) is 0 Å². The Bertz CT molecular complexity index is 3260. The molecule has 0 radical (unpaired) electrons. The topological polar surface area (TPSA) is 0 Å². The summed E-state index contributed by atoms with van der Waals surface area (Å²) < 4.78 is 0. The van der Waals surface area contributed by atoms with Crippen LogP contribution in [0.25, 0.3) is 99.0 Å². The largest absolute Gasteiger partial charge is 0.0561 e. The SMILES string of the molecule is CC(C)(C)c1cc2ccc3cc4c(c5ccc(c1)c2c35)-c1ccc(/C=C/c2ccc3c(c2)C(C)(C)c2cc5ccc6cc(C(C)(C)C)cc7ccc(c2-3)c5c67)cc1C4(C)C. The molecule has 12 rings (SSSR count). The van der Waals surface area contributed by atoms with Crippen LogP contribution in [0, 0.1) is 0 Å². The minimum absolute atomic E-state index is 0.102. The summed E-state index contributed by atoms with van der Waals surface area (Å²) in [6.07, 6.45) is 4.65. The van der Waals surface area contributed by atoms with E-state index >= 15 is 0 Å². The maximum absolute atomic E-state index is 2.49. The standard InChI is InChI=1S/C60H52/c1-57(2,3)41-27-35-15-17-39-31-49-55(45-23-19-37(29-41)51(35)53(39)45)43-21-13-33(25-47(43)59(49,7)8)11-12-34-14-22-44-48(26-34)60(9,10)50-32-40-18-16-36-28-42(58(4,5)6)30-38-20-24-46(56(44)50)54(40)52(36)38/h11-32H,1-10H3/b12-11+. The Morgan fingerprint density at radius 2 is 0.683 bits per heavy atom. The minimum Gasteiger partial charge on any atom is -0.0561 e. The Morgan fingerprint density at radius 3 is 1.03 bits per heavy atom. The van der Waals surface area contributed by atoms with E-state index in [1.807, 2.05) is 0 Å². The van der Waals surface area contributed by atoms with Gasteiger partial charge in [0.15, 0.2) is 0 Å². The van der Waals surface area contributed by atoms with Crippen molar-refractivity contribution in [1.82, 2.24) is 0 Å². The highest BCUT2D eigenvalue weighted by Crippen LogP contribution is 2.56. The first kappa shape index (κ1) is 35.9. The molecule has 0 nitrogen and oxygen atoms in total. The fourth-order valence-corrected chi connectivity index (χ4v) is 11.5. The molecule has 0 unspecified atom stereocenters. The van der Waals surface area contributed by atoms with Crippen LogP contribution in [0.2, 0.25) is 0 Å². The molecule has 0 atom stereocenters. The van der Waals surface area contributed by atoms with Crippen molar-refractivity contribution in [3.05, 3.63) is 166 Å². The molecule has 0 heteroatoms. The van der Waals surface area contributed by atoms with Gasteiger partial charge in [-0.15, -0.1) is 0 Å². The summed E-state index contributed by atoms with van der Waals surface area (Å²) in [6, 6.07) is 47.9. The van der Waals surface area contributed by atoms with E-state index < -0.39 is 0 Å². The van der Waals surface area contributed by atoms with Crippen LogP contribution < -0.4 is 0 Å². The van der Waals surface area contributed by atoms with Crippen molar-refractivity contribution in [2.75, 3.05) is 0 Å². The zero-order chi connectivity index (χ0) is 41.4. The molecule has 0 saturated carbocycles. The minimum atomic E-state index is -0.110. The molecule has 2 aliphatic rings. The molecule has 0 aromatic heterocycles. The first-order valence-electron chi connectivity index (χ1n) is 22.0. The molecule has 0 spiro atoms. The van der Waals surface area contributed by atoms with Gasteiger partial charge < -0.3 is 0 Å². The van der Waals surface area contributed by atoms with Crippen molar-refractivity contribution in [2.45, 2.75) is 90.9 Å². The quantitative estimate of drug-likeness (QED) is 0.121. The van der Waals surface area contributed by atoms with Gasteiger partial charge in [-0.25, -0.2) is 0 Å². The van der Waals surface area contributed by atoms with Crippen molar-refractivity contribution in [1.29, 1.82) is 0 Å². The van der Waals surface area contributed by atoms with Gasteiger partial charge in [-0.2, -0.15) is 0 Å². The molecule has 0 N–H and O–H groups in total. The highest BCUT2D eigenvalue weighted by molar-refractivity contribution is 6.28. The van der Waals surface area contributed by atoms with Gasteiger partial charge >= 0.3 is 0 Å². The summed E-state index contributed by atoms with van der Waals surface area (Å²) in [6.45, 7) is 23.5. The molecule has 292 valence electrons. The van der Waals surface area contributed by atoms with Crippen molar-refractivity contribution >= 4 is 76.8 Å². The molecule has 0 fully saturated rings. The van der Waals surface area contributed by atoms with Crippen LogP contribution in [0.5, 0.6) is 0 Å². The fraction of sp³-hybridized carbons (Fsp3) is 0.233. The number of hydrogen-bond acceptors (Lipinski definition) is 0. The van der Waals surface area contributed by atoms with Gasteiger partial charge in [0.2, 0.25) is 0 Å². The molecule has 10 aromatic carbocycles. The Labute approximate surface area is 354 Å². The van der Waals surface area contributed by atoms with E-state index in [-0.39, 0.29) is 21.7 Å². The number of fused-ring (bicyclic) bond motifs is 8. The van der Waals surface area contributed by atoms with Crippen molar-refractivity contribution in [3.8, 4) is 22.3 Å². The normalized spacial score (nSPS) is 15.7. The average molecular weight is 773 g/mol. The molecular formula is C60H52. The molecule has 0 saturated heterocycles. The first-order chi connectivity index (χ1) is 28.5. The Kier molecular flexibility index (Phi) is 6.85. The second-order valence-corrected chi connectivity index (χ2v) is 21.4. The van der Waals surface area contributed by atoms with Crippen LogP contribution in [0.1, 0.15) is 114 Å². The third-order valence-electron chi connectivity index (χ3n) is 15.0. The van der Waals surface area contributed by atoms with Gasteiger partial charge in [-0.05, 0) is 154 Å². The van der Waals surface area contributed by atoms with Gasteiger partial charge in [0, 0.05) is 10.8 Å². The van der Waals surface area contributed by atoms with Gasteiger partial charge in [0.05, 0.1) is 0 Å². The van der Waals surface area contributed by atoms with Gasteiger partial charge in [-0.1, -0.05) is 191 Å².